The van der Waals surface area contributed by atoms with Crippen LogP contribution in [0.2, 0.25) is 0 Å². The van der Waals surface area contributed by atoms with Gasteiger partial charge in [-0.25, -0.2) is 4.68 Å². The van der Waals surface area contributed by atoms with Gasteiger partial charge in [0.1, 0.15) is 5.82 Å². The lowest BCUT2D eigenvalue weighted by Crippen LogP contribution is -2.26. The topological polar surface area (TPSA) is 36.9 Å². The SMILES string of the molecule is CN(Cn1[nH]c(/C=C/c2ccccc2)nc1=S)C1CCc2ccccc21. The first-order valence-corrected chi connectivity index (χ1v) is 9.29. The second-order valence-corrected chi connectivity index (χ2v) is 7.08. The number of aromatic amines is 1. The fourth-order valence-corrected chi connectivity index (χ4v) is 3.80. The third-order valence-corrected chi connectivity index (χ3v) is 5.24. The van der Waals surface area contributed by atoms with Crippen LogP contribution in [0.5, 0.6) is 0 Å². The lowest BCUT2D eigenvalue weighted by Gasteiger charge is -2.25. The van der Waals surface area contributed by atoms with Crippen LogP contribution >= 0.6 is 12.2 Å². The number of aromatic nitrogens is 3. The number of hydrogen-bond acceptors (Lipinski definition) is 3. The Morgan fingerprint density at radius 3 is 2.77 bits per heavy atom. The number of hydrogen-bond donors (Lipinski definition) is 1. The van der Waals surface area contributed by atoms with E-state index in [0.717, 1.165) is 24.2 Å². The minimum atomic E-state index is 0.430. The zero-order chi connectivity index (χ0) is 17.9. The maximum absolute atomic E-state index is 5.43. The maximum atomic E-state index is 5.43. The van der Waals surface area contributed by atoms with Gasteiger partial charge in [-0.2, -0.15) is 4.98 Å². The van der Waals surface area contributed by atoms with E-state index in [1.807, 2.05) is 35.0 Å². The molecular formula is C21H22N4S. The Hall–Kier alpha value is -2.50. The average Bonchev–Trinajstić information content (AvgIpc) is 3.24. The molecule has 0 fully saturated rings. The molecule has 1 aliphatic rings. The number of H-pyrrole nitrogens is 1. The van der Waals surface area contributed by atoms with Crippen LogP contribution in [-0.2, 0) is 13.1 Å². The molecule has 5 heteroatoms. The number of nitrogens with one attached hydrogen (secondary N) is 1. The number of aryl methyl sites for hydroxylation is 1. The largest absolute Gasteiger partial charge is 0.280 e. The summed E-state index contributed by atoms with van der Waals surface area (Å²) in [4.78, 5) is 6.80. The smallest absolute Gasteiger partial charge is 0.217 e. The third-order valence-electron chi connectivity index (χ3n) is 4.93. The Kier molecular flexibility index (Phi) is 4.82. The molecule has 1 heterocycles. The van der Waals surface area contributed by atoms with E-state index >= 15 is 0 Å². The quantitative estimate of drug-likeness (QED) is 0.669. The number of nitrogens with zero attached hydrogens (tertiary/aromatic N) is 3. The summed E-state index contributed by atoms with van der Waals surface area (Å²) >= 11 is 5.43. The summed E-state index contributed by atoms with van der Waals surface area (Å²) in [6, 6.07) is 19.3. The van der Waals surface area contributed by atoms with Crippen molar-refractivity contribution in [2.45, 2.75) is 25.6 Å². The van der Waals surface area contributed by atoms with Crippen LogP contribution in [0.3, 0.4) is 0 Å². The van der Waals surface area contributed by atoms with Crippen molar-refractivity contribution in [3.8, 4) is 0 Å². The van der Waals surface area contributed by atoms with Crippen LogP contribution in [0.15, 0.2) is 54.6 Å². The van der Waals surface area contributed by atoms with E-state index in [1.165, 1.54) is 11.1 Å². The van der Waals surface area contributed by atoms with Crippen molar-refractivity contribution in [2.24, 2.45) is 0 Å². The van der Waals surface area contributed by atoms with Crippen molar-refractivity contribution < 1.29 is 0 Å². The molecule has 4 nitrogen and oxygen atoms in total. The van der Waals surface area contributed by atoms with E-state index in [9.17, 15) is 0 Å². The van der Waals surface area contributed by atoms with Crippen LogP contribution in [0.1, 0.15) is 35.0 Å². The van der Waals surface area contributed by atoms with Crippen molar-refractivity contribution >= 4 is 24.4 Å². The first kappa shape index (κ1) is 16.9. The van der Waals surface area contributed by atoms with Gasteiger partial charge < -0.3 is 0 Å². The molecule has 2 aromatic carbocycles. The van der Waals surface area contributed by atoms with Gasteiger partial charge in [0.05, 0.1) is 6.67 Å². The van der Waals surface area contributed by atoms with Crippen molar-refractivity contribution in [2.75, 3.05) is 7.05 Å². The van der Waals surface area contributed by atoms with Crippen LogP contribution in [0.4, 0.5) is 0 Å². The van der Waals surface area contributed by atoms with Gasteiger partial charge in [-0.15, -0.1) is 0 Å². The standard InChI is InChI=1S/C21H22N4S/c1-24(19-13-12-17-9-5-6-10-18(17)19)15-25-21(26)22-20(23-25)14-11-16-7-3-2-4-8-16/h2-11,14,19H,12-13,15H2,1H3,(H,22,23,26)/b14-11+. The lowest BCUT2D eigenvalue weighted by molar-refractivity contribution is 0.182. The van der Waals surface area contributed by atoms with Crippen LogP contribution in [0, 0.1) is 4.77 Å². The number of fused-ring (bicyclic) bond motifs is 1. The van der Waals surface area contributed by atoms with Crippen LogP contribution < -0.4 is 0 Å². The van der Waals surface area contributed by atoms with E-state index < -0.39 is 0 Å². The average molecular weight is 363 g/mol. The predicted octanol–water partition coefficient (Wildman–Crippen LogP) is 4.69. The Morgan fingerprint density at radius 1 is 1.15 bits per heavy atom. The molecule has 132 valence electrons. The highest BCUT2D eigenvalue weighted by molar-refractivity contribution is 7.71. The van der Waals surface area contributed by atoms with Crippen molar-refractivity contribution in [3.05, 3.63) is 81.9 Å². The van der Waals surface area contributed by atoms with Crippen molar-refractivity contribution in [1.82, 2.24) is 19.7 Å². The second-order valence-electron chi connectivity index (χ2n) is 6.72. The maximum Gasteiger partial charge on any atom is 0.217 e. The molecule has 0 spiro atoms. The fourth-order valence-electron chi connectivity index (χ4n) is 3.60. The second kappa shape index (κ2) is 7.40. The Balaban J connectivity index is 1.48. The lowest BCUT2D eigenvalue weighted by atomic mass is 10.1. The monoisotopic (exact) mass is 362 g/mol. The van der Waals surface area contributed by atoms with E-state index in [4.69, 9.17) is 12.2 Å². The van der Waals surface area contributed by atoms with Crippen molar-refractivity contribution in [3.63, 3.8) is 0 Å². The van der Waals surface area contributed by atoms with E-state index in [-0.39, 0.29) is 0 Å². The summed E-state index contributed by atoms with van der Waals surface area (Å²) in [5.41, 5.74) is 4.04. The summed E-state index contributed by atoms with van der Waals surface area (Å²) in [7, 11) is 2.15. The molecule has 0 radical (unpaired) electrons. The third kappa shape index (κ3) is 3.54. The van der Waals surface area contributed by atoms with Gasteiger partial charge >= 0.3 is 0 Å². The molecule has 0 saturated carbocycles. The molecule has 0 amide bonds. The molecule has 1 aromatic heterocycles. The molecule has 1 atom stereocenters. The van der Waals surface area contributed by atoms with Gasteiger partial charge in [-0.05, 0) is 54.9 Å². The highest BCUT2D eigenvalue weighted by atomic mass is 32.1. The molecule has 1 aliphatic carbocycles. The van der Waals surface area contributed by atoms with Gasteiger partial charge in [0.25, 0.3) is 0 Å². The fraction of sp³-hybridized carbons (Fsp3) is 0.238. The summed E-state index contributed by atoms with van der Waals surface area (Å²) in [5.74, 6) is 0.777. The summed E-state index contributed by atoms with van der Waals surface area (Å²) < 4.78 is 2.51. The van der Waals surface area contributed by atoms with Gasteiger partial charge in [0.15, 0.2) is 0 Å². The van der Waals surface area contributed by atoms with E-state index in [0.29, 0.717) is 17.5 Å². The van der Waals surface area contributed by atoms with Crippen molar-refractivity contribution in [1.29, 1.82) is 0 Å². The van der Waals surface area contributed by atoms with Gasteiger partial charge in [-0.3, -0.25) is 10.00 Å². The highest BCUT2D eigenvalue weighted by Gasteiger charge is 2.25. The number of benzene rings is 2. The predicted molar refractivity (Wildman–Crippen MR) is 108 cm³/mol. The molecule has 0 saturated heterocycles. The van der Waals surface area contributed by atoms with Crippen LogP contribution in [0.25, 0.3) is 12.2 Å². The molecule has 1 N–H and O–H groups in total. The summed E-state index contributed by atoms with van der Waals surface area (Å²) in [6.07, 6.45) is 6.30. The first-order chi connectivity index (χ1) is 12.7. The first-order valence-electron chi connectivity index (χ1n) is 8.89. The van der Waals surface area contributed by atoms with Gasteiger partial charge in [0, 0.05) is 6.04 Å². The van der Waals surface area contributed by atoms with Gasteiger partial charge in [-0.1, -0.05) is 60.7 Å². The normalized spacial score (nSPS) is 16.5. The zero-order valence-electron chi connectivity index (χ0n) is 14.8. The number of rotatable bonds is 5. The Morgan fingerprint density at radius 2 is 1.92 bits per heavy atom. The zero-order valence-corrected chi connectivity index (χ0v) is 15.6. The molecule has 3 aromatic rings. The van der Waals surface area contributed by atoms with Gasteiger partial charge in [0.2, 0.25) is 4.77 Å². The molecule has 0 bridgehead atoms. The summed E-state index contributed by atoms with van der Waals surface area (Å²) in [6.45, 7) is 0.698. The summed E-state index contributed by atoms with van der Waals surface area (Å²) in [5, 5.41) is 3.30. The minimum absolute atomic E-state index is 0.430. The Labute approximate surface area is 158 Å². The highest BCUT2D eigenvalue weighted by Crippen LogP contribution is 2.34. The minimum Gasteiger partial charge on any atom is -0.280 e. The molecule has 4 rings (SSSR count). The van der Waals surface area contributed by atoms with E-state index in [1.54, 1.807) is 0 Å². The van der Waals surface area contributed by atoms with E-state index in [2.05, 4.69) is 58.4 Å². The Bertz CT molecular complexity index is 971. The van der Waals surface area contributed by atoms with Crippen LogP contribution in [-0.4, -0.2) is 26.7 Å². The molecule has 1 unspecified atom stereocenters. The molecule has 26 heavy (non-hydrogen) atoms. The molecular weight excluding hydrogens is 340 g/mol. The molecule has 0 aliphatic heterocycles.